The van der Waals surface area contributed by atoms with Gasteiger partial charge in [0, 0.05) is 4.52 Å². The molecule has 0 radical (unpaired) electrons. The second-order valence-corrected chi connectivity index (χ2v) is 15.2. The highest BCUT2D eigenvalue weighted by molar-refractivity contribution is 7.88. The summed E-state index contributed by atoms with van der Waals surface area (Å²) in [5, 5.41) is 0. The fourth-order valence-corrected chi connectivity index (χ4v) is 14.2. The maximum atomic E-state index is 6.65. The molecule has 3 aromatic rings. The average Bonchev–Trinajstić information content (AvgIpc) is 2.98. The van der Waals surface area contributed by atoms with Gasteiger partial charge < -0.3 is 18.7 Å². The van der Waals surface area contributed by atoms with Gasteiger partial charge in [0.25, 0.3) is 0 Å². The number of hydrogen-bond acceptors (Lipinski definition) is 12. The van der Waals surface area contributed by atoms with Gasteiger partial charge in [-0.05, 0) is 62.0 Å². The molecule has 0 aromatic heterocycles. The van der Waals surface area contributed by atoms with Crippen molar-refractivity contribution in [2.75, 3.05) is 41.2 Å². The van der Waals surface area contributed by atoms with E-state index in [-0.39, 0.29) is 19.8 Å². The number of nitrogens with one attached hydrogen (secondary N) is 2. The number of para-hydroxylation sites is 6. The van der Waals surface area contributed by atoms with Gasteiger partial charge in [-0.2, -0.15) is 9.05 Å². The highest BCUT2D eigenvalue weighted by Gasteiger charge is 2.72. The average molecular weight is 642 g/mol. The highest BCUT2D eigenvalue weighted by atomic mass is 31.3. The molecular weight excluding hydrogens is 603 g/mol. The van der Waals surface area contributed by atoms with Crippen LogP contribution in [0.1, 0.15) is 20.8 Å². The number of ether oxygens (including phenoxy) is 3. The molecule has 15 heteroatoms. The van der Waals surface area contributed by atoms with Gasteiger partial charge in [0.1, 0.15) is 0 Å². The van der Waals surface area contributed by atoms with Crippen LogP contribution in [0.5, 0.6) is 34.5 Å². The monoisotopic (exact) mass is 641 g/mol. The van der Waals surface area contributed by atoms with Gasteiger partial charge in [0.05, 0.1) is 46.0 Å². The summed E-state index contributed by atoms with van der Waals surface area (Å²) in [5.74, 6) is 2.70. The first-order valence-corrected chi connectivity index (χ1v) is 18.1. The van der Waals surface area contributed by atoms with Crippen molar-refractivity contribution in [3.63, 3.8) is 0 Å². The molecular formula is C27H38N3O9P3+2. The number of methoxy groups -OCH3 is 3. The molecule has 4 rings (SSSR count). The summed E-state index contributed by atoms with van der Waals surface area (Å²) in [6.45, 7) is 6.27. The SMILES string of the molecule is CCOP1(Oc2ccccc2OC)=N[P+](OCC)(Oc2ccccc2OC)N[P+](OCC)(Oc2ccccc2OC)N1. The van der Waals surface area contributed by atoms with Crippen LogP contribution in [0.2, 0.25) is 0 Å². The first-order valence-electron chi connectivity index (χ1n) is 13.3. The van der Waals surface area contributed by atoms with Crippen molar-refractivity contribution in [2.45, 2.75) is 20.8 Å². The molecule has 42 heavy (non-hydrogen) atoms. The standard InChI is InChI=1S/C27H38N3O9P3/c1-7-34-40(37-25-19-13-10-16-22(25)31-4)28-41(35-8-2,38-26-20-14-11-17-23(26)32-5)30-42(29-40,36-9-3)39-27-21-15-12-18-24(27)33-6/h10-21,28-29H,7-9H2,1-6H3/q+2. The van der Waals surface area contributed by atoms with Crippen LogP contribution in [0, 0.1) is 0 Å². The van der Waals surface area contributed by atoms with Crippen LogP contribution in [0.15, 0.2) is 77.3 Å². The zero-order chi connectivity index (χ0) is 30.1. The molecule has 0 fully saturated rings. The Labute approximate surface area is 248 Å². The molecule has 2 N–H and O–H groups in total. The van der Waals surface area contributed by atoms with E-state index in [0.29, 0.717) is 34.5 Å². The molecule has 0 aliphatic carbocycles. The van der Waals surface area contributed by atoms with Gasteiger partial charge in [0.15, 0.2) is 23.0 Å². The normalized spacial score (nSPS) is 23.4. The van der Waals surface area contributed by atoms with E-state index in [4.69, 9.17) is 45.9 Å². The van der Waals surface area contributed by atoms with E-state index in [1.807, 2.05) is 57.2 Å². The summed E-state index contributed by atoms with van der Waals surface area (Å²) in [6.07, 6.45) is 0. The van der Waals surface area contributed by atoms with E-state index in [9.17, 15) is 0 Å². The third-order valence-electron chi connectivity index (χ3n) is 5.55. The Balaban J connectivity index is 1.95. The largest absolute Gasteiger partial charge is 0.571 e. The molecule has 0 amide bonds. The van der Waals surface area contributed by atoms with E-state index in [1.54, 1.807) is 57.7 Å². The number of hydrogen-bond donors (Lipinski definition) is 2. The third kappa shape index (κ3) is 7.46. The van der Waals surface area contributed by atoms with Crippen molar-refractivity contribution in [1.82, 2.24) is 9.72 Å². The van der Waals surface area contributed by atoms with Crippen molar-refractivity contribution in [3.8, 4) is 34.5 Å². The lowest BCUT2D eigenvalue weighted by atomic mass is 10.3. The predicted octanol–water partition coefficient (Wildman–Crippen LogP) is 7.85. The van der Waals surface area contributed by atoms with Gasteiger partial charge in [-0.15, -0.1) is 0 Å². The van der Waals surface area contributed by atoms with Crippen LogP contribution in [-0.4, -0.2) is 41.2 Å². The zero-order valence-electron chi connectivity index (χ0n) is 24.5. The number of nitrogens with zero attached hydrogens (tertiary/aromatic N) is 1. The first kappa shape index (κ1) is 32.3. The fraction of sp³-hybridized carbons (Fsp3) is 0.333. The minimum Gasteiger partial charge on any atom is -0.493 e. The van der Waals surface area contributed by atoms with Crippen LogP contribution in [0.25, 0.3) is 0 Å². The molecule has 1 aliphatic rings. The topological polar surface area (TPSA) is 119 Å². The van der Waals surface area contributed by atoms with Crippen LogP contribution in [0.4, 0.5) is 0 Å². The van der Waals surface area contributed by atoms with Crippen LogP contribution in [0.3, 0.4) is 0 Å². The summed E-state index contributed by atoms with van der Waals surface area (Å²) < 4.78 is 60.8. The van der Waals surface area contributed by atoms with Crippen molar-refractivity contribution in [2.24, 2.45) is 4.52 Å². The Bertz CT molecular complexity index is 1390. The van der Waals surface area contributed by atoms with Crippen molar-refractivity contribution >= 4 is 23.7 Å². The maximum absolute atomic E-state index is 6.65. The molecule has 228 valence electrons. The van der Waals surface area contributed by atoms with E-state index in [1.165, 1.54) is 0 Å². The fourth-order valence-electron chi connectivity index (χ4n) is 3.93. The molecule has 3 unspecified atom stereocenters. The lowest BCUT2D eigenvalue weighted by molar-refractivity contribution is 0.267. The molecule has 12 nitrogen and oxygen atoms in total. The molecule has 1 aliphatic heterocycles. The summed E-state index contributed by atoms with van der Waals surface area (Å²) in [6, 6.07) is 21.7. The number of benzene rings is 3. The molecule has 0 spiro atoms. The third-order valence-corrected chi connectivity index (χ3v) is 14.7. The van der Waals surface area contributed by atoms with Crippen molar-refractivity contribution in [1.29, 1.82) is 0 Å². The zero-order valence-corrected chi connectivity index (χ0v) is 27.2. The van der Waals surface area contributed by atoms with E-state index >= 15 is 0 Å². The smallest absolute Gasteiger partial charge is 0.493 e. The van der Waals surface area contributed by atoms with Gasteiger partial charge in [0.2, 0.25) is 11.5 Å². The Morgan fingerprint density at radius 2 is 1.10 bits per heavy atom. The minimum absolute atomic E-state index is 0.237. The summed E-state index contributed by atoms with van der Waals surface area (Å²) >= 11 is 0. The quantitative estimate of drug-likeness (QED) is 0.158. The van der Waals surface area contributed by atoms with Gasteiger partial charge in [-0.25, -0.2) is 0 Å². The Morgan fingerprint density at radius 3 is 1.60 bits per heavy atom. The van der Waals surface area contributed by atoms with E-state index < -0.39 is 23.7 Å². The van der Waals surface area contributed by atoms with Crippen LogP contribution < -0.4 is 37.5 Å². The maximum Gasteiger partial charge on any atom is 0.571 e. The Hall–Kier alpha value is -2.65. The molecule has 0 saturated carbocycles. The lowest BCUT2D eigenvalue weighted by Crippen LogP contribution is -2.38. The van der Waals surface area contributed by atoms with Crippen molar-refractivity contribution < 1.29 is 41.4 Å². The molecule has 0 bridgehead atoms. The molecule has 1 heterocycles. The van der Waals surface area contributed by atoms with Crippen LogP contribution >= 0.6 is 23.7 Å². The number of rotatable bonds is 15. The van der Waals surface area contributed by atoms with Crippen molar-refractivity contribution in [3.05, 3.63) is 72.8 Å². The summed E-state index contributed by atoms with van der Waals surface area (Å²) in [5.41, 5.74) is 0. The first-order chi connectivity index (χ1) is 20.4. The second kappa shape index (κ2) is 14.7. The summed E-state index contributed by atoms with van der Waals surface area (Å²) in [4.78, 5) is 6.78. The second-order valence-electron chi connectivity index (χ2n) is 8.36. The molecule has 3 aromatic carbocycles. The molecule has 0 saturated heterocycles. The highest BCUT2D eigenvalue weighted by Crippen LogP contribution is 2.81. The van der Waals surface area contributed by atoms with Gasteiger partial charge in [-0.3, -0.25) is 13.6 Å². The van der Waals surface area contributed by atoms with Gasteiger partial charge in [-0.1, -0.05) is 36.4 Å². The minimum atomic E-state index is -3.53. The van der Waals surface area contributed by atoms with E-state index in [2.05, 4.69) is 9.72 Å². The predicted molar refractivity (Wildman–Crippen MR) is 165 cm³/mol. The van der Waals surface area contributed by atoms with Crippen LogP contribution in [-0.2, 0) is 13.6 Å². The summed E-state index contributed by atoms with van der Waals surface area (Å²) in [7, 11) is -5.80. The molecule has 3 atom stereocenters. The van der Waals surface area contributed by atoms with Gasteiger partial charge >= 0.3 is 23.7 Å². The van der Waals surface area contributed by atoms with E-state index in [0.717, 1.165) is 0 Å². The Kier molecular flexibility index (Phi) is 11.3. The lowest BCUT2D eigenvalue weighted by Gasteiger charge is -2.34. The Morgan fingerprint density at radius 1 is 0.619 bits per heavy atom.